The third kappa shape index (κ3) is 13.7. The van der Waals surface area contributed by atoms with Gasteiger partial charge in [-0.05, 0) is 0 Å². The number of hydrogen-bond donors (Lipinski definition) is 0. The molecule has 0 unspecified atom stereocenters. The Balaban J connectivity index is 0.000000403. The second kappa shape index (κ2) is 17.1. The van der Waals surface area contributed by atoms with Gasteiger partial charge in [-0.25, -0.2) is 0 Å². The Kier molecular flexibility index (Phi) is 19.3. The normalized spacial score (nSPS) is 27.5. The number of thioether (sulfide) groups is 6. The third-order valence-corrected chi connectivity index (χ3v) is 11.9. The van der Waals surface area contributed by atoms with Gasteiger partial charge in [0.2, 0.25) is 0 Å². The second-order valence-corrected chi connectivity index (χ2v) is 13.3. The molecule has 23 heavy (non-hydrogen) atoms. The predicted molar refractivity (Wildman–Crippen MR) is 128 cm³/mol. The molecule has 0 aromatic heterocycles. The molecular formula is C12H16NiS10-4. The summed E-state index contributed by atoms with van der Waals surface area (Å²) in [6.45, 7) is 0. The van der Waals surface area contributed by atoms with Crippen molar-refractivity contribution < 1.29 is 16.5 Å². The summed E-state index contributed by atoms with van der Waals surface area (Å²) in [5.74, 6) is 9.27. The average molecular weight is 540 g/mol. The van der Waals surface area contributed by atoms with E-state index in [2.05, 4.69) is 0 Å². The Morgan fingerprint density at radius 1 is 0.435 bits per heavy atom. The molecule has 0 amide bonds. The van der Waals surface area contributed by atoms with Crippen LogP contribution in [0.1, 0.15) is 0 Å². The minimum absolute atomic E-state index is 0. The van der Waals surface area contributed by atoms with E-state index in [0.717, 1.165) is 40.0 Å². The molecule has 0 atom stereocenters. The fraction of sp³-hybridized carbons (Fsp3) is 0.667. The van der Waals surface area contributed by atoms with Crippen LogP contribution in [0.4, 0.5) is 0 Å². The Morgan fingerprint density at radius 2 is 0.652 bits per heavy atom. The van der Waals surface area contributed by atoms with Gasteiger partial charge in [-0.3, -0.25) is 0 Å². The van der Waals surface area contributed by atoms with Crippen molar-refractivity contribution in [2.45, 2.75) is 0 Å². The molecule has 138 valence electrons. The van der Waals surface area contributed by atoms with Gasteiger partial charge in [0.1, 0.15) is 0 Å². The maximum absolute atomic E-state index is 5.13. The van der Waals surface area contributed by atoms with Crippen LogP contribution in [-0.2, 0) is 67.0 Å². The molecule has 2 heterocycles. The standard InChI is InChI=1S/2C6H10S5.Ni/c2*7-5-6(8)11-4-2-9-1-3-10-5;/h2*7-8H,1-4H2;/p-4/b2*6-5-;. The van der Waals surface area contributed by atoms with Gasteiger partial charge in [0, 0.05) is 62.5 Å². The van der Waals surface area contributed by atoms with Crippen LogP contribution in [0.15, 0.2) is 16.9 Å². The topological polar surface area (TPSA) is 0 Å². The molecule has 0 saturated heterocycles. The summed E-state index contributed by atoms with van der Waals surface area (Å²) < 4.78 is 3.69. The van der Waals surface area contributed by atoms with E-state index in [0.29, 0.717) is 0 Å². The van der Waals surface area contributed by atoms with Gasteiger partial charge in [0.05, 0.1) is 0 Å². The van der Waals surface area contributed by atoms with Crippen LogP contribution in [0.3, 0.4) is 0 Å². The van der Waals surface area contributed by atoms with Crippen molar-refractivity contribution in [3.8, 4) is 0 Å². The first-order valence-electron chi connectivity index (χ1n) is 6.44. The molecule has 11 heteroatoms. The number of hydrogen-bond acceptors (Lipinski definition) is 10. The van der Waals surface area contributed by atoms with Crippen molar-refractivity contribution in [3.05, 3.63) is 16.9 Å². The smallest absolute Gasteiger partial charge is 0.00499 e. The quantitative estimate of drug-likeness (QED) is 0.309. The second-order valence-electron chi connectivity index (χ2n) is 3.77. The van der Waals surface area contributed by atoms with E-state index >= 15 is 0 Å². The van der Waals surface area contributed by atoms with Gasteiger partial charge in [-0.1, -0.05) is 0 Å². The van der Waals surface area contributed by atoms with Crippen LogP contribution in [0.2, 0.25) is 0 Å². The van der Waals surface area contributed by atoms with E-state index < -0.39 is 0 Å². The van der Waals surface area contributed by atoms with E-state index in [-0.39, 0.29) is 16.5 Å². The summed E-state index contributed by atoms with van der Waals surface area (Å²) >= 11 is 31.4. The molecule has 0 nitrogen and oxygen atoms in total. The molecule has 0 saturated carbocycles. The SMILES string of the molecule is [Ni].[S-]/C1=C(\[S-])SCCSCCS1.[S-]/C1=C(\[S-])SCCSCCS1. The zero-order valence-corrected chi connectivity index (χ0v) is 21.2. The van der Waals surface area contributed by atoms with Gasteiger partial charge >= 0.3 is 0 Å². The van der Waals surface area contributed by atoms with Gasteiger partial charge in [0.15, 0.2) is 0 Å². The van der Waals surface area contributed by atoms with Crippen LogP contribution in [0, 0.1) is 0 Å². The van der Waals surface area contributed by atoms with Crippen molar-refractivity contribution >= 4 is 121 Å². The Bertz CT molecular complexity index is 316. The van der Waals surface area contributed by atoms with E-state index in [1.165, 1.54) is 23.0 Å². The zero-order chi connectivity index (χ0) is 16.2. The van der Waals surface area contributed by atoms with Crippen LogP contribution in [0.25, 0.3) is 0 Å². The van der Waals surface area contributed by atoms with Crippen molar-refractivity contribution in [2.75, 3.05) is 46.0 Å². The maximum Gasteiger partial charge on any atom is 0.00499 e. The Labute approximate surface area is 198 Å². The van der Waals surface area contributed by atoms with Crippen LogP contribution >= 0.6 is 70.6 Å². The van der Waals surface area contributed by atoms with Crippen molar-refractivity contribution in [3.63, 3.8) is 0 Å². The molecule has 2 aliphatic heterocycles. The molecule has 0 bridgehead atoms. The predicted octanol–water partition coefficient (Wildman–Crippen LogP) is 4.84. The van der Waals surface area contributed by atoms with E-state index in [1.807, 2.05) is 23.5 Å². The first kappa shape index (κ1) is 26.0. The summed E-state index contributed by atoms with van der Waals surface area (Å²) in [6, 6.07) is 0. The third-order valence-electron chi connectivity index (χ3n) is 2.18. The van der Waals surface area contributed by atoms with Crippen molar-refractivity contribution in [1.29, 1.82) is 0 Å². The van der Waals surface area contributed by atoms with Crippen LogP contribution in [-0.4, -0.2) is 46.0 Å². The Hall–Kier alpha value is 2.95. The van der Waals surface area contributed by atoms with Crippen LogP contribution in [0.5, 0.6) is 0 Å². The largest absolute Gasteiger partial charge is 0.774 e. The van der Waals surface area contributed by atoms with Crippen molar-refractivity contribution in [2.24, 2.45) is 0 Å². The molecule has 0 radical (unpaired) electrons. The zero-order valence-electron chi connectivity index (χ0n) is 12.1. The fourth-order valence-corrected chi connectivity index (χ4v) is 8.47. The maximum atomic E-state index is 5.13. The summed E-state index contributed by atoms with van der Waals surface area (Å²) in [5.41, 5.74) is 0. The molecular weight excluding hydrogens is 523 g/mol. The first-order valence-corrected chi connectivity index (χ1v) is 14.3. The van der Waals surface area contributed by atoms with Gasteiger partial charge < -0.3 is 50.5 Å². The molecule has 0 fully saturated rings. The van der Waals surface area contributed by atoms with Gasteiger partial charge in [-0.2, -0.15) is 87.5 Å². The summed E-state index contributed by atoms with van der Waals surface area (Å²) in [4.78, 5) is 0. The molecule has 0 spiro atoms. The van der Waals surface area contributed by atoms with Crippen molar-refractivity contribution in [1.82, 2.24) is 0 Å². The first-order chi connectivity index (χ1) is 10.6. The summed E-state index contributed by atoms with van der Waals surface area (Å²) in [5, 5.41) is 0. The molecule has 2 aliphatic rings. The van der Waals surface area contributed by atoms with Gasteiger partial charge in [-0.15, -0.1) is 0 Å². The van der Waals surface area contributed by atoms with E-state index in [9.17, 15) is 0 Å². The molecule has 0 aromatic rings. The average Bonchev–Trinajstić information content (AvgIpc) is 2.66. The molecule has 0 aromatic carbocycles. The monoisotopic (exact) mass is 538 g/mol. The molecule has 0 N–H and O–H groups in total. The molecule has 2 rings (SSSR count). The van der Waals surface area contributed by atoms with E-state index in [1.54, 1.807) is 47.0 Å². The minimum atomic E-state index is 0. The fourth-order valence-electron chi connectivity index (χ4n) is 1.21. The number of rotatable bonds is 0. The summed E-state index contributed by atoms with van der Waals surface area (Å²) in [6.07, 6.45) is 0. The minimum Gasteiger partial charge on any atom is -0.774 e. The van der Waals surface area contributed by atoms with E-state index in [4.69, 9.17) is 50.5 Å². The summed E-state index contributed by atoms with van der Waals surface area (Å²) in [7, 11) is 0. The Morgan fingerprint density at radius 3 is 0.870 bits per heavy atom. The van der Waals surface area contributed by atoms with Gasteiger partial charge in [0.25, 0.3) is 0 Å². The molecule has 0 aliphatic carbocycles. The van der Waals surface area contributed by atoms with Crippen LogP contribution < -0.4 is 0 Å².